The molecule has 0 radical (unpaired) electrons. The van der Waals surface area contributed by atoms with Crippen LogP contribution in [0.1, 0.15) is 22.7 Å². The molecule has 0 unspecified atom stereocenters. The zero-order chi connectivity index (χ0) is 24.4. The third-order valence-electron chi connectivity index (χ3n) is 6.65. The molecule has 35 heavy (non-hydrogen) atoms. The van der Waals surface area contributed by atoms with Crippen molar-refractivity contribution >= 4 is 22.5 Å². The van der Waals surface area contributed by atoms with Crippen molar-refractivity contribution in [3.63, 3.8) is 0 Å². The minimum atomic E-state index is -0.346. The van der Waals surface area contributed by atoms with Crippen molar-refractivity contribution in [2.45, 2.75) is 6.04 Å². The van der Waals surface area contributed by atoms with Gasteiger partial charge in [0.15, 0.2) is 0 Å². The molecule has 7 nitrogen and oxygen atoms in total. The lowest BCUT2D eigenvalue weighted by atomic mass is 9.96. The fourth-order valence-corrected chi connectivity index (χ4v) is 4.94. The van der Waals surface area contributed by atoms with E-state index in [1.54, 1.807) is 19.2 Å². The molecule has 2 aromatic heterocycles. The summed E-state index contributed by atoms with van der Waals surface area (Å²) in [5.41, 5.74) is 3.86. The Morgan fingerprint density at radius 1 is 0.943 bits per heavy atom. The molecule has 1 fully saturated rings. The highest BCUT2D eigenvalue weighted by Gasteiger charge is 2.30. The van der Waals surface area contributed by atoms with Gasteiger partial charge in [-0.2, -0.15) is 5.26 Å². The average Bonchev–Trinajstić information content (AvgIpc) is 2.92. The van der Waals surface area contributed by atoms with Crippen molar-refractivity contribution in [1.82, 2.24) is 14.5 Å². The van der Waals surface area contributed by atoms with Gasteiger partial charge in [0.1, 0.15) is 17.3 Å². The number of nitriles is 1. The van der Waals surface area contributed by atoms with Crippen LogP contribution in [0.15, 0.2) is 77.6 Å². The van der Waals surface area contributed by atoms with E-state index < -0.39 is 0 Å². The average molecular weight is 461 g/mol. The lowest BCUT2D eigenvalue weighted by molar-refractivity contribution is 0.212. The Morgan fingerprint density at radius 3 is 2.09 bits per heavy atom. The first-order chi connectivity index (χ1) is 17.1. The number of anilines is 1. The molecular weight excluding hydrogens is 436 g/mol. The van der Waals surface area contributed by atoms with Gasteiger partial charge < -0.3 is 14.3 Å². The van der Waals surface area contributed by atoms with E-state index in [1.807, 2.05) is 12.1 Å². The van der Waals surface area contributed by atoms with Gasteiger partial charge in [0.25, 0.3) is 11.4 Å². The van der Waals surface area contributed by atoms with Crippen molar-refractivity contribution < 1.29 is 0 Å². The standard InChI is InChI=1S/C28H24N6O/c1-30-24-14-13-23-25(31-24)27(22(19-29)28(35)32(23)2)34-17-15-33(16-18-34)26(20-9-5-3-6-10-20)21-11-7-4-8-12-21/h3-14,26H,15-18H2,2H3. The number of hydrogen-bond donors (Lipinski definition) is 0. The molecule has 0 spiro atoms. The lowest BCUT2D eigenvalue weighted by Crippen LogP contribution is -2.48. The number of benzene rings is 2. The van der Waals surface area contributed by atoms with Crippen LogP contribution in [0.4, 0.5) is 11.5 Å². The van der Waals surface area contributed by atoms with Gasteiger partial charge >= 0.3 is 0 Å². The van der Waals surface area contributed by atoms with Crippen LogP contribution in [-0.4, -0.2) is 40.6 Å². The second kappa shape index (κ2) is 9.42. The number of fused-ring (bicyclic) bond motifs is 1. The molecule has 7 heteroatoms. The molecule has 5 rings (SSSR count). The SMILES string of the molecule is [C-]#[N+]c1ccc2c(n1)c(N1CCN(C(c3ccccc3)c3ccccc3)CC1)c(C#N)c(=O)n2C. The van der Waals surface area contributed by atoms with Gasteiger partial charge in [-0.05, 0) is 23.3 Å². The van der Waals surface area contributed by atoms with Gasteiger partial charge in [-0.25, -0.2) is 0 Å². The van der Waals surface area contributed by atoms with Crippen LogP contribution in [0, 0.1) is 17.9 Å². The topological polar surface area (TPSA) is 69.5 Å². The van der Waals surface area contributed by atoms with Crippen molar-refractivity contribution in [2.24, 2.45) is 7.05 Å². The van der Waals surface area contributed by atoms with Crippen LogP contribution in [0.2, 0.25) is 0 Å². The number of rotatable bonds is 4. The summed E-state index contributed by atoms with van der Waals surface area (Å²) in [5.74, 6) is 0.244. The van der Waals surface area contributed by atoms with E-state index in [2.05, 4.69) is 74.2 Å². The van der Waals surface area contributed by atoms with E-state index in [0.717, 1.165) is 13.1 Å². The Kier molecular flexibility index (Phi) is 6.01. The van der Waals surface area contributed by atoms with Crippen LogP contribution in [0.25, 0.3) is 15.9 Å². The third kappa shape index (κ3) is 4.03. The first kappa shape index (κ1) is 22.3. The Balaban J connectivity index is 1.52. The molecular formula is C28H24N6O. The Labute approximate surface area is 203 Å². The summed E-state index contributed by atoms with van der Waals surface area (Å²) in [6, 6.07) is 26.5. The molecule has 0 amide bonds. The van der Waals surface area contributed by atoms with Gasteiger partial charge in [0.05, 0.1) is 11.6 Å². The van der Waals surface area contributed by atoms with E-state index in [4.69, 9.17) is 6.57 Å². The smallest absolute Gasteiger partial charge is 0.271 e. The second-order valence-corrected chi connectivity index (χ2v) is 8.60. The monoisotopic (exact) mass is 460 g/mol. The van der Waals surface area contributed by atoms with Gasteiger partial charge in [0, 0.05) is 33.2 Å². The number of aryl methyl sites for hydroxylation is 1. The van der Waals surface area contributed by atoms with Crippen LogP contribution < -0.4 is 10.5 Å². The lowest BCUT2D eigenvalue weighted by Gasteiger charge is -2.40. The van der Waals surface area contributed by atoms with E-state index in [-0.39, 0.29) is 23.0 Å². The number of hydrogen-bond acceptors (Lipinski definition) is 5. The minimum Gasteiger partial charge on any atom is -0.364 e. The van der Waals surface area contributed by atoms with Crippen LogP contribution in [0.3, 0.4) is 0 Å². The molecule has 3 heterocycles. The molecule has 4 aromatic rings. The summed E-state index contributed by atoms with van der Waals surface area (Å²) in [5, 5.41) is 9.89. The first-order valence-corrected chi connectivity index (χ1v) is 11.5. The summed E-state index contributed by atoms with van der Waals surface area (Å²) < 4.78 is 1.44. The van der Waals surface area contributed by atoms with Crippen molar-refractivity contribution in [1.29, 1.82) is 5.26 Å². The van der Waals surface area contributed by atoms with Gasteiger partial charge in [-0.3, -0.25) is 9.69 Å². The molecule has 2 aromatic carbocycles. The highest BCUT2D eigenvalue weighted by Crippen LogP contribution is 2.33. The third-order valence-corrected chi connectivity index (χ3v) is 6.65. The number of piperazine rings is 1. The normalized spacial score (nSPS) is 14.1. The Bertz CT molecular complexity index is 1470. The molecule has 0 atom stereocenters. The number of nitrogens with zero attached hydrogens (tertiary/aromatic N) is 6. The summed E-state index contributed by atoms with van der Waals surface area (Å²) in [6.07, 6.45) is 0. The highest BCUT2D eigenvalue weighted by atomic mass is 16.1. The van der Waals surface area contributed by atoms with Crippen molar-refractivity contribution in [3.05, 3.63) is 111 Å². The molecule has 1 aliphatic rings. The maximum Gasteiger partial charge on any atom is 0.271 e. The quantitative estimate of drug-likeness (QED) is 0.426. The zero-order valence-electron chi connectivity index (χ0n) is 19.4. The van der Waals surface area contributed by atoms with Gasteiger partial charge in [-0.15, -0.1) is 4.98 Å². The fourth-order valence-electron chi connectivity index (χ4n) is 4.94. The molecule has 172 valence electrons. The molecule has 0 N–H and O–H groups in total. The van der Waals surface area contributed by atoms with Crippen molar-refractivity contribution in [3.8, 4) is 6.07 Å². The molecule has 0 bridgehead atoms. The summed E-state index contributed by atoms with van der Waals surface area (Å²) in [4.78, 5) is 25.5. The molecule has 0 saturated carbocycles. The van der Waals surface area contributed by atoms with Crippen LogP contribution in [-0.2, 0) is 7.05 Å². The Hall–Kier alpha value is -4.46. The summed E-state index contributed by atoms with van der Waals surface area (Å²) in [7, 11) is 1.64. The van der Waals surface area contributed by atoms with Gasteiger partial charge in [0.2, 0.25) is 5.52 Å². The first-order valence-electron chi connectivity index (χ1n) is 11.5. The van der Waals surface area contributed by atoms with E-state index in [9.17, 15) is 10.1 Å². The maximum atomic E-state index is 13.0. The van der Waals surface area contributed by atoms with Crippen LogP contribution >= 0.6 is 0 Å². The molecule has 0 aliphatic carbocycles. The second-order valence-electron chi connectivity index (χ2n) is 8.60. The molecule has 1 saturated heterocycles. The van der Waals surface area contributed by atoms with Gasteiger partial charge in [-0.1, -0.05) is 67.2 Å². The number of pyridine rings is 2. The minimum absolute atomic E-state index is 0.0748. The van der Waals surface area contributed by atoms with E-state index in [0.29, 0.717) is 29.8 Å². The highest BCUT2D eigenvalue weighted by molar-refractivity contribution is 5.92. The van der Waals surface area contributed by atoms with Crippen molar-refractivity contribution in [2.75, 3.05) is 31.1 Å². The zero-order valence-corrected chi connectivity index (χ0v) is 19.4. The van der Waals surface area contributed by atoms with E-state index in [1.165, 1.54) is 15.7 Å². The van der Waals surface area contributed by atoms with E-state index >= 15 is 0 Å². The van der Waals surface area contributed by atoms with Crippen LogP contribution in [0.5, 0.6) is 0 Å². The predicted molar refractivity (Wildman–Crippen MR) is 136 cm³/mol. The fraction of sp³-hybridized carbons (Fsp3) is 0.214. The number of aromatic nitrogens is 2. The summed E-state index contributed by atoms with van der Waals surface area (Å²) >= 11 is 0. The predicted octanol–water partition coefficient (Wildman–Crippen LogP) is 4.27. The largest absolute Gasteiger partial charge is 0.364 e. The summed E-state index contributed by atoms with van der Waals surface area (Å²) in [6.45, 7) is 10.1. The Morgan fingerprint density at radius 2 is 1.54 bits per heavy atom. The maximum absolute atomic E-state index is 13.0. The molecule has 1 aliphatic heterocycles.